The van der Waals surface area contributed by atoms with Crippen molar-refractivity contribution in [1.29, 1.82) is 5.26 Å². The van der Waals surface area contributed by atoms with Crippen molar-refractivity contribution in [3.63, 3.8) is 0 Å². The van der Waals surface area contributed by atoms with E-state index in [1.54, 1.807) is 13.0 Å². The second-order valence-corrected chi connectivity index (χ2v) is 8.14. The first-order valence-electron chi connectivity index (χ1n) is 10.4. The van der Waals surface area contributed by atoms with Gasteiger partial charge in [0.2, 0.25) is 5.91 Å². The number of pyridine rings is 1. The second-order valence-electron chi connectivity index (χ2n) is 8.14. The molecule has 0 radical (unpaired) electrons. The number of rotatable bonds is 5. The smallest absolute Gasteiger partial charge is 0.356 e. The van der Waals surface area contributed by atoms with Crippen LogP contribution in [0.5, 0.6) is 0 Å². The molecule has 9 heteroatoms. The lowest BCUT2D eigenvalue weighted by Gasteiger charge is -2.33. The first-order chi connectivity index (χ1) is 15.1. The molecular weight excluding hydrogens is 424 g/mol. The van der Waals surface area contributed by atoms with Crippen molar-refractivity contribution < 1.29 is 22.4 Å². The third-order valence-electron chi connectivity index (χ3n) is 5.79. The maximum atomic E-state index is 13.6. The summed E-state index contributed by atoms with van der Waals surface area (Å²) in [6.07, 6.45) is -2.85. The number of carbonyl (C=O) groups excluding carboxylic acids is 1. The van der Waals surface area contributed by atoms with Gasteiger partial charge in [0, 0.05) is 25.2 Å². The van der Waals surface area contributed by atoms with Crippen LogP contribution in [0, 0.1) is 23.1 Å². The molecule has 1 aliphatic rings. The zero-order valence-electron chi connectivity index (χ0n) is 17.8. The van der Waals surface area contributed by atoms with Crippen LogP contribution in [0.2, 0.25) is 0 Å². The predicted molar refractivity (Wildman–Crippen MR) is 111 cm³/mol. The minimum Gasteiger partial charge on any atom is -0.356 e. The van der Waals surface area contributed by atoms with Crippen molar-refractivity contribution in [3.8, 4) is 6.07 Å². The molecule has 3 rings (SSSR count). The maximum absolute atomic E-state index is 13.6. The number of aromatic nitrogens is 1. The molecule has 0 saturated carbocycles. The minimum absolute atomic E-state index is 0.00198. The van der Waals surface area contributed by atoms with Gasteiger partial charge in [0.25, 0.3) is 0 Å². The van der Waals surface area contributed by atoms with Crippen LogP contribution in [-0.2, 0) is 17.5 Å². The molecule has 1 saturated heterocycles. The number of amides is 1. The number of nitrogens with zero attached hydrogens (tertiary/aromatic N) is 3. The highest BCUT2D eigenvalue weighted by atomic mass is 19.4. The van der Waals surface area contributed by atoms with Gasteiger partial charge in [0.15, 0.2) is 0 Å². The van der Waals surface area contributed by atoms with Crippen molar-refractivity contribution in [1.82, 2.24) is 10.3 Å². The topological polar surface area (TPSA) is 69.0 Å². The molecule has 2 heterocycles. The third kappa shape index (κ3) is 5.36. The van der Waals surface area contributed by atoms with Gasteiger partial charge in [0.1, 0.15) is 23.4 Å². The summed E-state index contributed by atoms with van der Waals surface area (Å²) in [6, 6.07) is 7.88. The maximum Gasteiger partial charge on any atom is 0.433 e. The van der Waals surface area contributed by atoms with Crippen LogP contribution in [0.1, 0.15) is 55.0 Å². The lowest BCUT2D eigenvalue weighted by Crippen LogP contribution is -2.35. The van der Waals surface area contributed by atoms with E-state index in [4.69, 9.17) is 5.26 Å². The average molecular weight is 448 g/mol. The number of anilines is 1. The zero-order chi connectivity index (χ0) is 23.5. The Hall–Kier alpha value is -3.15. The molecule has 1 fully saturated rings. The fraction of sp³-hybridized carbons (Fsp3) is 0.435. The van der Waals surface area contributed by atoms with Crippen molar-refractivity contribution in [2.75, 3.05) is 18.0 Å². The van der Waals surface area contributed by atoms with Crippen molar-refractivity contribution in [3.05, 3.63) is 58.5 Å². The van der Waals surface area contributed by atoms with Crippen molar-refractivity contribution in [2.24, 2.45) is 5.92 Å². The third-order valence-corrected chi connectivity index (χ3v) is 5.79. The van der Waals surface area contributed by atoms with Gasteiger partial charge in [-0.05, 0) is 49.4 Å². The Morgan fingerprint density at radius 1 is 1.28 bits per heavy atom. The van der Waals surface area contributed by atoms with E-state index in [0.29, 0.717) is 30.1 Å². The lowest BCUT2D eigenvalue weighted by atomic mass is 9.98. The number of carbonyl (C=O) groups is 1. The van der Waals surface area contributed by atoms with Crippen LogP contribution in [0.25, 0.3) is 0 Å². The molecular formula is C23H24F4N4O. The summed E-state index contributed by atoms with van der Waals surface area (Å²) in [7, 11) is 0. The van der Waals surface area contributed by atoms with Gasteiger partial charge >= 0.3 is 6.18 Å². The average Bonchev–Trinajstić information content (AvgIpc) is 2.77. The monoisotopic (exact) mass is 448 g/mol. The number of nitrogens with one attached hydrogen (secondary N) is 1. The van der Waals surface area contributed by atoms with Gasteiger partial charge < -0.3 is 10.2 Å². The SMILES string of the molecule is CC1CCN(c2nc(C(F)(F)F)ccc2CNC(=O)C(C)c2ccc(F)c(C#N)c2)CC1. The summed E-state index contributed by atoms with van der Waals surface area (Å²) in [5, 5.41) is 11.7. The highest BCUT2D eigenvalue weighted by molar-refractivity contribution is 5.83. The van der Waals surface area contributed by atoms with E-state index in [-0.39, 0.29) is 17.9 Å². The molecule has 1 aromatic carbocycles. The molecule has 1 aliphatic heterocycles. The predicted octanol–water partition coefficient (Wildman–Crippen LogP) is 4.77. The van der Waals surface area contributed by atoms with Gasteiger partial charge in [-0.3, -0.25) is 4.79 Å². The minimum atomic E-state index is -4.56. The first-order valence-corrected chi connectivity index (χ1v) is 10.4. The lowest BCUT2D eigenvalue weighted by molar-refractivity contribution is -0.141. The molecule has 0 aliphatic carbocycles. The molecule has 32 heavy (non-hydrogen) atoms. The Labute approximate surface area is 184 Å². The Morgan fingerprint density at radius 3 is 2.59 bits per heavy atom. The van der Waals surface area contributed by atoms with Crippen LogP contribution in [0.4, 0.5) is 23.4 Å². The van der Waals surface area contributed by atoms with Crippen molar-refractivity contribution >= 4 is 11.7 Å². The van der Waals surface area contributed by atoms with Crippen LogP contribution >= 0.6 is 0 Å². The Morgan fingerprint density at radius 2 is 1.97 bits per heavy atom. The molecule has 170 valence electrons. The normalized spacial score (nSPS) is 15.8. The standard InChI is InChI=1S/C23H24F4N4O/c1-14-7-9-31(10-8-14)21-17(4-6-20(30-21)23(25,26)27)13-29-22(32)15(2)16-3-5-19(24)18(11-16)12-28/h3-6,11,14-15H,7-10,13H2,1-2H3,(H,29,32). The molecule has 5 nitrogen and oxygen atoms in total. The summed E-state index contributed by atoms with van der Waals surface area (Å²) in [5.74, 6) is -1.01. The number of hydrogen-bond donors (Lipinski definition) is 1. The second kappa shape index (κ2) is 9.55. The summed E-state index contributed by atoms with van der Waals surface area (Å²) < 4.78 is 53.2. The number of benzene rings is 1. The molecule has 1 unspecified atom stereocenters. The number of halogens is 4. The van der Waals surface area contributed by atoms with Crippen LogP contribution in [0.15, 0.2) is 30.3 Å². The van der Waals surface area contributed by atoms with E-state index in [1.165, 1.54) is 18.2 Å². The Bertz CT molecular complexity index is 1020. The van der Waals surface area contributed by atoms with E-state index in [1.807, 2.05) is 4.90 Å². The van der Waals surface area contributed by atoms with E-state index in [9.17, 15) is 22.4 Å². The van der Waals surface area contributed by atoms with Gasteiger partial charge in [0.05, 0.1) is 11.5 Å². The highest BCUT2D eigenvalue weighted by Crippen LogP contribution is 2.32. The van der Waals surface area contributed by atoms with E-state index < -0.39 is 29.5 Å². The molecule has 2 aromatic rings. The van der Waals surface area contributed by atoms with Gasteiger partial charge in [-0.1, -0.05) is 19.1 Å². The van der Waals surface area contributed by atoms with Crippen LogP contribution < -0.4 is 10.2 Å². The molecule has 1 N–H and O–H groups in total. The summed E-state index contributed by atoms with van der Waals surface area (Å²) in [5.41, 5.74) is -0.165. The molecule has 1 amide bonds. The quantitative estimate of drug-likeness (QED) is 0.670. The van der Waals surface area contributed by atoms with E-state index in [0.717, 1.165) is 25.0 Å². The van der Waals surface area contributed by atoms with E-state index in [2.05, 4.69) is 17.2 Å². The summed E-state index contributed by atoms with van der Waals surface area (Å²) >= 11 is 0. The molecule has 0 spiro atoms. The fourth-order valence-corrected chi connectivity index (χ4v) is 3.65. The Balaban J connectivity index is 1.79. The fourth-order valence-electron chi connectivity index (χ4n) is 3.65. The van der Waals surface area contributed by atoms with Gasteiger partial charge in [-0.15, -0.1) is 0 Å². The molecule has 0 bridgehead atoms. The van der Waals surface area contributed by atoms with Crippen LogP contribution in [0.3, 0.4) is 0 Å². The molecule has 1 aromatic heterocycles. The molecule has 1 atom stereocenters. The first kappa shape index (κ1) is 23.5. The largest absolute Gasteiger partial charge is 0.433 e. The van der Waals surface area contributed by atoms with Gasteiger partial charge in [-0.2, -0.15) is 18.4 Å². The van der Waals surface area contributed by atoms with Gasteiger partial charge in [-0.25, -0.2) is 9.37 Å². The number of nitriles is 1. The Kier molecular flexibility index (Phi) is 7.02. The number of hydrogen-bond acceptors (Lipinski definition) is 4. The zero-order valence-corrected chi connectivity index (χ0v) is 17.8. The number of piperidine rings is 1. The number of alkyl halides is 3. The van der Waals surface area contributed by atoms with E-state index >= 15 is 0 Å². The van der Waals surface area contributed by atoms with Crippen LogP contribution in [-0.4, -0.2) is 24.0 Å². The summed E-state index contributed by atoms with van der Waals surface area (Å²) in [4.78, 5) is 18.4. The summed E-state index contributed by atoms with van der Waals surface area (Å²) in [6.45, 7) is 4.91. The van der Waals surface area contributed by atoms with Crippen molar-refractivity contribution in [2.45, 2.75) is 45.3 Å². The highest BCUT2D eigenvalue weighted by Gasteiger charge is 2.34.